The van der Waals surface area contributed by atoms with Gasteiger partial charge in [0.05, 0.1) is 0 Å². The average Bonchev–Trinajstić information content (AvgIpc) is 2.51. The Morgan fingerprint density at radius 1 is 0.773 bits per heavy atom. The van der Waals surface area contributed by atoms with E-state index in [1.54, 1.807) is 0 Å². The van der Waals surface area contributed by atoms with E-state index in [1.165, 1.54) is 30.4 Å². The average molecular weight is 296 g/mol. The van der Waals surface area contributed by atoms with E-state index in [0.29, 0.717) is 0 Å². The molecule has 22 heavy (non-hydrogen) atoms. The monoisotopic (exact) mass is 296 g/mol. The Bertz CT molecular complexity index is 537. The Balaban J connectivity index is 1.87. The first kappa shape index (κ1) is 16.6. The van der Waals surface area contributed by atoms with Gasteiger partial charge in [-0.05, 0) is 60.6 Å². The number of aryl methyl sites for hydroxylation is 2. The van der Waals surface area contributed by atoms with Crippen LogP contribution in [-0.4, -0.2) is 0 Å². The van der Waals surface area contributed by atoms with Crippen molar-refractivity contribution in [1.82, 2.24) is 0 Å². The number of ether oxygens (including phenoxy) is 1. The molecule has 0 fully saturated rings. The van der Waals surface area contributed by atoms with Gasteiger partial charge in [-0.15, -0.1) is 0 Å². The molecule has 0 heterocycles. The van der Waals surface area contributed by atoms with Gasteiger partial charge in [0, 0.05) is 0 Å². The van der Waals surface area contributed by atoms with Gasteiger partial charge in [-0.1, -0.05) is 57.9 Å². The number of hydrogen-bond acceptors (Lipinski definition) is 1. The summed E-state index contributed by atoms with van der Waals surface area (Å²) in [5.41, 5.74) is 2.77. The van der Waals surface area contributed by atoms with E-state index in [9.17, 15) is 0 Å². The molecule has 0 spiro atoms. The second kappa shape index (κ2) is 8.63. The van der Waals surface area contributed by atoms with Crippen molar-refractivity contribution >= 4 is 0 Å². The van der Waals surface area contributed by atoms with Crippen LogP contribution in [-0.2, 0) is 12.8 Å². The molecule has 2 aromatic rings. The third-order valence-electron chi connectivity index (χ3n) is 3.87. The van der Waals surface area contributed by atoms with E-state index in [1.807, 2.05) is 0 Å². The van der Waals surface area contributed by atoms with Crippen LogP contribution in [0.2, 0.25) is 0 Å². The van der Waals surface area contributed by atoms with Gasteiger partial charge < -0.3 is 4.74 Å². The lowest BCUT2D eigenvalue weighted by Crippen LogP contribution is -1.91. The van der Waals surface area contributed by atoms with Crippen LogP contribution in [0.4, 0.5) is 0 Å². The maximum absolute atomic E-state index is 5.91. The lowest BCUT2D eigenvalue weighted by Gasteiger charge is -2.08. The highest BCUT2D eigenvalue weighted by molar-refractivity contribution is 5.34. The lowest BCUT2D eigenvalue weighted by atomic mass is 10.0. The van der Waals surface area contributed by atoms with Crippen molar-refractivity contribution in [3.8, 4) is 11.5 Å². The Kier molecular flexibility index (Phi) is 6.51. The highest BCUT2D eigenvalue weighted by Gasteiger charge is 2.00. The summed E-state index contributed by atoms with van der Waals surface area (Å²) in [6.07, 6.45) is 6.02. The summed E-state index contributed by atoms with van der Waals surface area (Å²) in [4.78, 5) is 0. The summed E-state index contributed by atoms with van der Waals surface area (Å²) in [6.45, 7) is 6.76. The number of rotatable bonds is 8. The summed E-state index contributed by atoms with van der Waals surface area (Å²) in [5.74, 6) is 2.61. The van der Waals surface area contributed by atoms with E-state index in [-0.39, 0.29) is 0 Å². The van der Waals surface area contributed by atoms with Crippen molar-refractivity contribution in [1.29, 1.82) is 0 Å². The van der Waals surface area contributed by atoms with Crippen LogP contribution < -0.4 is 4.74 Å². The summed E-state index contributed by atoms with van der Waals surface area (Å²) in [7, 11) is 0. The third kappa shape index (κ3) is 5.55. The molecule has 1 nitrogen and oxygen atoms in total. The van der Waals surface area contributed by atoms with Crippen molar-refractivity contribution in [2.45, 2.75) is 52.9 Å². The van der Waals surface area contributed by atoms with Crippen LogP contribution >= 0.6 is 0 Å². The minimum Gasteiger partial charge on any atom is -0.457 e. The normalized spacial score (nSPS) is 10.9. The van der Waals surface area contributed by atoms with Gasteiger partial charge >= 0.3 is 0 Å². The Morgan fingerprint density at radius 3 is 1.73 bits per heavy atom. The molecule has 1 heteroatoms. The minimum atomic E-state index is 0.790. The summed E-state index contributed by atoms with van der Waals surface area (Å²) < 4.78 is 5.91. The molecule has 0 atom stereocenters. The predicted octanol–water partition coefficient (Wildman–Crippen LogP) is 6.41. The van der Waals surface area contributed by atoms with Crippen molar-refractivity contribution in [3.05, 3.63) is 59.7 Å². The first-order valence-electron chi connectivity index (χ1n) is 8.53. The summed E-state index contributed by atoms with van der Waals surface area (Å²) in [5, 5.41) is 0. The van der Waals surface area contributed by atoms with Crippen molar-refractivity contribution < 1.29 is 4.74 Å². The molecule has 0 bridgehead atoms. The van der Waals surface area contributed by atoms with Gasteiger partial charge in [-0.3, -0.25) is 0 Å². The predicted molar refractivity (Wildman–Crippen MR) is 94.7 cm³/mol. The van der Waals surface area contributed by atoms with Gasteiger partial charge in [0.1, 0.15) is 11.5 Å². The van der Waals surface area contributed by atoms with Crippen LogP contribution in [0.15, 0.2) is 48.5 Å². The van der Waals surface area contributed by atoms with Crippen molar-refractivity contribution in [2.75, 3.05) is 0 Å². The Labute approximate surface area is 135 Å². The second-order valence-electron chi connectivity index (χ2n) is 6.43. The number of benzene rings is 2. The molecule has 0 aliphatic carbocycles. The van der Waals surface area contributed by atoms with Gasteiger partial charge in [0.15, 0.2) is 0 Å². The zero-order valence-electron chi connectivity index (χ0n) is 14.1. The molecule has 0 aliphatic rings. The molecule has 0 saturated heterocycles. The first-order chi connectivity index (χ1) is 10.7. The van der Waals surface area contributed by atoms with Crippen LogP contribution in [0.5, 0.6) is 11.5 Å². The highest BCUT2D eigenvalue weighted by Crippen LogP contribution is 2.23. The molecule has 0 unspecified atom stereocenters. The van der Waals surface area contributed by atoms with Gasteiger partial charge in [0.2, 0.25) is 0 Å². The molecule has 0 saturated carbocycles. The topological polar surface area (TPSA) is 9.23 Å². The molecular formula is C21H28O. The van der Waals surface area contributed by atoms with Crippen molar-refractivity contribution in [2.24, 2.45) is 5.92 Å². The molecule has 0 N–H and O–H groups in total. The maximum atomic E-state index is 5.91. The second-order valence-corrected chi connectivity index (χ2v) is 6.43. The van der Waals surface area contributed by atoms with Gasteiger partial charge in [-0.25, -0.2) is 0 Å². The fourth-order valence-corrected chi connectivity index (χ4v) is 2.59. The standard InChI is InChI=1S/C21H28O/c1-4-6-18-9-13-20(14-10-18)22-21-15-11-19(12-16-21)8-5-7-17(2)3/h9-17H,4-8H2,1-3H3. The molecular weight excluding hydrogens is 268 g/mol. The van der Waals surface area contributed by atoms with Crippen molar-refractivity contribution in [3.63, 3.8) is 0 Å². The summed E-state index contributed by atoms with van der Waals surface area (Å²) in [6, 6.07) is 16.9. The first-order valence-corrected chi connectivity index (χ1v) is 8.53. The van der Waals surface area contributed by atoms with E-state index in [2.05, 4.69) is 69.3 Å². The fourth-order valence-electron chi connectivity index (χ4n) is 2.59. The minimum absolute atomic E-state index is 0.790. The molecule has 118 valence electrons. The molecule has 0 amide bonds. The summed E-state index contributed by atoms with van der Waals surface area (Å²) >= 11 is 0. The lowest BCUT2D eigenvalue weighted by molar-refractivity contribution is 0.482. The highest BCUT2D eigenvalue weighted by atomic mass is 16.5. The SMILES string of the molecule is CCCc1ccc(Oc2ccc(CCCC(C)C)cc2)cc1. The maximum Gasteiger partial charge on any atom is 0.127 e. The molecule has 0 radical (unpaired) electrons. The molecule has 2 rings (SSSR count). The quantitative estimate of drug-likeness (QED) is 0.547. The Hall–Kier alpha value is -1.76. The van der Waals surface area contributed by atoms with E-state index < -0.39 is 0 Å². The van der Waals surface area contributed by atoms with Gasteiger partial charge in [0.25, 0.3) is 0 Å². The van der Waals surface area contributed by atoms with E-state index in [4.69, 9.17) is 4.74 Å². The third-order valence-corrected chi connectivity index (χ3v) is 3.87. The van der Waals surface area contributed by atoms with E-state index in [0.717, 1.165) is 30.3 Å². The van der Waals surface area contributed by atoms with E-state index >= 15 is 0 Å². The van der Waals surface area contributed by atoms with Crippen LogP contribution in [0, 0.1) is 5.92 Å². The molecule has 2 aromatic carbocycles. The van der Waals surface area contributed by atoms with Crippen LogP contribution in [0.25, 0.3) is 0 Å². The zero-order chi connectivity index (χ0) is 15.8. The number of hydrogen-bond donors (Lipinski definition) is 0. The largest absolute Gasteiger partial charge is 0.457 e. The van der Waals surface area contributed by atoms with Gasteiger partial charge in [-0.2, -0.15) is 0 Å². The fraction of sp³-hybridized carbons (Fsp3) is 0.429. The van der Waals surface area contributed by atoms with Crippen LogP contribution in [0.1, 0.15) is 51.2 Å². The smallest absolute Gasteiger partial charge is 0.127 e. The zero-order valence-corrected chi connectivity index (χ0v) is 14.1. The van der Waals surface area contributed by atoms with Crippen LogP contribution in [0.3, 0.4) is 0 Å². The Morgan fingerprint density at radius 2 is 1.27 bits per heavy atom. The molecule has 0 aromatic heterocycles. The molecule has 0 aliphatic heterocycles.